The van der Waals surface area contributed by atoms with Crippen molar-refractivity contribution in [3.05, 3.63) is 34.9 Å². The summed E-state index contributed by atoms with van der Waals surface area (Å²) in [5.41, 5.74) is 2.85. The molecule has 0 radical (unpaired) electrons. The molecule has 120 valence electrons. The summed E-state index contributed by atoms with van der Waals surface area (Å²) in [6.45, 7) is 5.08. The van der Waals surface area contributed by atoms with Crippen molar-refractivity contribution in [2.45, 2.75) is 58.9 Å². The number of hydrogen-bond acceptors (Lipinski definition) is 2. The lowest BCUT2D eigenvalue weighted by atomic mass is 9.88. The second-order valence-corrected chi connectivity index (χ2v) is 6.89. The van der Waals surface area contributed by atoms with Crippen molar-refractivity contribution in [1.29, 1.82) is 0 Å². The number of carbonyl (C=O) groups excluding carboxylic acids is 1. The van der Waals surface area contributed by atoms with E-state index in [0.717, 1.165) is 18.4 Å². The van der Waals surface area contributed by atoms with Crippen LogP contribution in [0.2, 0.25) is 0 Å². The molecular formula is C18H25NO3. The van der Waals surface area contributed by atoms with Crippen LogP contribution in [0.15, 0.2) is 18.2 Å². The summed E-state index contributed by atoms with van der Waals surface area (Å²) in [5, 5.41) is 12.0. The Morgan fingerprint density at radius 1 is 1.23 bits per heavy atom. The average Bonchev–Trinajstić information content (AvgIpc) is 2.45. The van der Waals surface area contributed by atoms with Crippen LogP contribution in [0.25, 0.3) is 0 Å². The molecule has 0 saturated heterocycles. The van der Waals surface area contributed by atoms with Gasteiger partial charge in [-0.1, -0.05) is 18.2 Å². The third-order valence-electron chi connectivity index (χ3n) is 4.43. The number of aliphatic carboxylic acids is 1. The molecule has 4 nitrogen and oxygen atoms in total. The number of rotatable bonds is 5. The monoisotopic (exact) mass is 303 g/mol. The molecule has 1 aliphatic rings. The third kappa shape index (κ3) is 3.87. The summed E-state index contributed by atoms with van der Waals surface area (Å²) < 4.78 is 0. The first-order chi connectivity index (χ1) is 10.3. The second-order valence-electron chi connectivity index (χ2n) is 6.89. The topological polar surface area (TPSA) is 66.4 Å². The third-order valence-corrected chi connectivity index (χ3v) is 4.43. The van der Waals surface area contributed by atoms with Crippen LogP contribution in [0.3, 0.4) is 0 Å². The van der Waals surface area contributed by atoms with Crippen molar-refractivity contribution in [2.75, 3.05) is 0 Å². The highest BCUT2D eigenvalue weighted by Crippen LogP contribution is 2.25. The van der Waals surface area contributed by atoms with E-state index in [1.54, 1.807) is 13.8 Å². The van der Waals surface area contributed by atoms with Gasteiger partial charge in [0.05, 0.1) is 11.5 Å². The van der Waals surface area contributed by atoms with Crippen LogP contribution in [0, 0.1) is 5.41 Å². The van der Waals surface area contributed by atoms with Gasteiger partial charge in [0.1, 0.15) is 0 Å². The van der Waals surface area contributed by atoms with Crippen molar-refractivity contribution in [3.8, 4) is 0 Å². The van der Waals surface area contributed by atoms with Gasteiger partial charge in [0.2, 0.25) is 5.91 Å². The Hall–Kier alpha value is -1.84. The van der Waals surface area contributed by atoms with Crippen LogP contribution >= 0.6 is 0 Å². The molecule has 0 fully saturated rings. The average molecular weight is 303 g/mol. The molecular weight excluding hydrogens is 278 g/mol. The zero-order chi connectivity index (χ0) is 16.3. The van der Waals surface area contributed by atoms with Crippen molar-refractivity contribution < 1.29 is 14.7 Å². The fourth-order valence-electron chi connectivity index (χ4n) is 2.88. The molecule has 0 bridgehead atoms. The number of carboxylic acid groups (broad SMARTS) is 1. The van der Waals surface area contributed by atoms with Gasteiger partial charge in [0, 0.05) is 6.42 Å². The largest absolute Gasteiger partial charge is 0.481 e. The summed E-state index contributed by atoms with van der Waals surface area (Å²) in [6.07, 6.45) is 4.71. The maximum atomic E-state index is 12.1. The Bertz CT molecular complexity index is 578. The molecule has 1 aliphatic carbocycles. The number of benzene rings is 1. The van der Waals surface area contributed by atoms with Gasteiger partial charge < -0.3 is 10.4 Å². The lowest BCUT2D eigenvalue weighted by Gasteiger charge is -2.22. The van der Waals surface area contributed by atoms with Gasteiger partial charge in [-0.15, -0.1) is 0 Å². The number of amides is 1. The van der Waals surface area contributed by atoms with E-state index in [4.69, 9.17) is 5.11 Å². The van der Waals surface area contributed by atoms with Crippen LogP contribution in [0.5, 0.6) is 0 Å². The summed E-state index contributed by atoms with van der Waals surface area (Å²) >= 11 is 0. The summed E-state index contributed by atoms with van der Waals surface area (Å²) in [6, 6.07) is 6.30. The molecule has 1 aromatic carbocycles. The fraction of sp³-hybridized carbons (Fsp3) is 0.556. The quantitative estimate of drug-likeness (QED) is 0.877. The maximum Gasteiger partial charge on any atom is 0.309 e. The van der Waals surface area contributed by atoms with Crippen LogP contribution in [-0.2, 0) is 22.4 Å². The molecule has 1 atom stereocenters. The van der Waals surface area contributed by atoms with Crippen LogP contribution in [0.1, 0.15) is 62.8 Å². The van der Waals surface area contributed by atoms with Gasteiger partial charge in [-0.25, -0.2) is 0 Å². The molecule has 0 aliphatic heterocycles. The molecule has 22 heavy (non-hydrogen) atoms. The molecule has 0 spiro atoms. The minimum absolute atomic E-state index is 0.0163. The van der Waals surface area contributed by atoms with Gasteiger partial charge in [-0.05, 0) is 63.1 Å². The van der Waals surface area contributed by atoms with E-state index in [2.05, 4.69) is 23.5 Å². The van der Waals surface area contributed by atoms with Crippen molar-refractivity contribution >= 4 is 11.9 Å². The first kappa shape index (κ1) is 16.5. The van der Waals surface area contributed by atoms with Gasteiger partial charge in [0.15, 0.2) is 0 Å². The Morgan fingerprint density at radius 3 is 2.50 bits per heavy atom. The molecule has 2 N–H and O–H groups in total. The molecule has 1 unspecified atom stereocenters. The predicted molar refractivity (Wildman–Crippen MR) is 85.7 cm³/mol. The van der Waals surface area contributed by atoms with E-state index in [0.29, 0.717) is 0 Å². The minimum Gasteiger partial charge on any atom is -0.481 e. The van der Waals surface area contributed by atoms with Crippen LogP contribution in [-0.4, -0.2) is 17.0 Å². The van der Waals surface area contributed by atoms with Crippen LogP contribution < -0.4 is 5.32 Å². The number of fused-ring (bicyclic) bond motifs is 1. The lowest BCUT2D eigenvalue weighted by molar-refractivity contribution is -0.149. The number of carboxylic acids is 1. The molecule has 2 rings (SSSR count). The van der Waals surface area contributed by atoms with E-state index in [9.17, 15) is 9.59 Å². The first-order valence-corrected chi connectivity index (χ1v) is 7.94. The van der Waals surface area contributed by atoms with Crippen molar-refractivity contribution in [1.82, 2.24) is 5.32 Å². The Kier molecular flexibility index (Phi) is 4.89. The van der Waals surface area contributed by atoms with Crippen molar-refractivity contribution in [3.63, 3.8) is 0 Å². The summed E-state index contributed by atoms with van der Waals surface area (Å²) in [4.78, 5) is 23.2. The molecule has 0 heterocycles. The zero-order valence-corrected chi connectivity index (χ0v) is 13.6. The summed E-state index contributed by atoms with van der Waals surface area (Å²) in [5.74, 6) is -1.18. The van der Waals surface area contributed by atoms with E-state index < -0.39 is 11.4 Å². The molecule has 0 aromatic heterocycles. The zero-order valence-electron chi connectivity index (χ0n) is 13.6. The number of nitrogens with one attached hydrogen (secondary N) is 1. The van der Waals surface area contributed by atoms with E-state index in [-0.39, 0.29) is 18.4 Å². The maximum absolute atomic E-state index is 12.1. The van der Waals surface area contributed by atoms with E-state index in [1.807, 2.05) is 6.92 Å². The standard InChI is InChI=1S/C18H25NO3/c1-12(19-16(20)11-18(2,3)17(21)22)14-9-8-13-6-4-5-7-15(13)10-14/h8-10,12H,4-7,11H2,1-3H3,(H,19,20)(H,21,22). The predicted octanol–water partition coefficient (Wildman–Crippen LogP) is 3.24. The van der Waals surface area contributed by atoms with E-state index >= 15 is 0 Å². The highest BCUT2D eigenvalue weighted by Gasteiger charge is 2.30. The smallest absolute Gasteiger partial charge is 0.309 e. The number of hydrogen-bond donors (Lipinski definition) is 2. The minimum atomic E-state index is -1.04. The second kappa shape index (κ2) is 6.51. The molecule has 1 aromatic rings. The van der Waals surface area contributed by atoms with E-state index in [1.165, 1.54) is 24.0 Å². The fourth-order valence-corrected chi connectivity index (χ4v) is 2.88. The Morgan fingerprint density at radius 2 is 1.86 bits per heavy atom. The van der Waals surface area contributed by atoms with Crippen molar-refractivity contribution in [2.24, 2.45) is 5.41 Å². The van der Waals surface area contributed by atoms with Gasteiger partial charge >= 0.3 is 5.97 Å². The normalized spacial score (nSPS) is 15.8. The lowest BCUT2D eigenvalue weighted by Crippen LogP contribution is -2.34. The van der Waals surface area contributed by atoms with Gasteiger partial charge in [-0.2, -0.15) is 0 Å². The molecule has 1 amide bonds. The van der Waals surface area contributed by atoms with Crippen LogP contribution in [0.4, 0.5) is 0 Å². The number of carbonyl (C=O) groups is 2. The highest BCUT2D eigenvalue weighted by molar-refractivity contribution is 5.84. The molecule has 0 saturated carbocycles. The Labute approximate surface area is 131 Å². The number of aryl methyl sites for hydroxylation is 2. The first-order valence-electron chi connectivity index (χ1n) is 7.94. The SMILES string of the molecule is CC(NC(=O)CC(C)(C)C(=O)O)c1ccc2c(c1)CCCC2. The van der Waals surface area contributed by atoms with Gasteiger partial charge in [0.25, 0.3) is 0 Å². The molecule has 4 heteroatoms. The highest BCUT2D eigenvalue weighted by atomic mass is 16.4. The summed E-state index contributed by atoms with van der Waals surface area (Å²) in [7, 11) is 0. The van der Waals surface area contributed by atoms with Gasteiger partial charge in [-0.3, -0.25) is 9.59 Å². The Balaban J connectivity index is 2.01.